The highest BCUT2D eigenvalue weighted by Crippen LogP contribution is 2.30. The number of fused-ring (bicyclic) bond motifs is 1. The summed E-state index contributed by atoms with van der Waals surface area (Å²) < 4.78 is 6.08. The van der Waals surface area contributed by atoms with Crippen molar-refractivity contribution in [2.45, 2.75) is 49.9 Å². The van der Waals surface area contributed by atoms with Crippen LogP contribution in [-0.2, 0) is 9.53 Å². The van der Waals surface area contributed by atoms with Crippen molar-refractivity contribution in [1.82, 2.24) is 15.5 Å². The van der Waals surface area contributed by atoms with E-state index in [1.807, 2.05) is 6.07 Å². The first-order chi connectivity index (χ1) is 11.8. The minimum Gasteiger partial charge on any atom is -0.371 e. The molecule has 5 nitrogen and oxygen atoms in total. The molecule has 0 saturated carbocycles. The van der Waals surface area contributed by atoms with Crippen molar-refractivity contribution in [1.29, 1.82) is 0 Å². The van der Waals surface area contributed by atoms with Gasteiger partial charge in [-0.3, -0.25) is 9.69 Å². The lowest BCUT2D eigenvalue weighted by Crippen LogP contribution is -2.50. The third-order valence-electron chi connectivity index (χ3n) is 5.56. The molecule has 3 fully saturated rings. The average Bonchev–Trinajstić information content (AvgIpc) is 3.04. The number of hydrogen-bond donors (Lipinski definition) is 2. The van der Waals surface area contributed by atoms with Crippen molar-refractivity contribution in [3.63, 3.8) is 0 Å². The molecule has 0 radical (unpaired) electrons. The molecule has 3 heterocycles. The van der Waals surface area contributed by atoms with Crippen LogP contribution in [-0.4, -0.2) is 55.2 Å². The molecule has 0 bridgehead atoms. The maximum absolute atomic E-state index is 12.4. The van der Waals surface area contributed by atoms with E-state index in [9.17, 15) is 4.79 Å². The first kappa shape index (κ1) is 21.5. The molecule has 0 spiro atoms. The molecule has 7 heteroatoms. The number of piperidine rings is 1. The first-order valence-corrected chi connectivity index (χ1v) is 9.24. The molecule has 1 aromatic carbocycles. The van der Waals surface area contributed by atoms with Crippen LogP contribution in [0.25, 0.3) is 0 Å². The Morgan fingerprint density at radius 1 is 1.15 bits per heavy atom. The van der Waals surface area contributed by atoms with E-state index in [0.29, 0.717) is 6.04 Å². The van der Waals surface area contributed by atoms with Gasteiger partial charge >= 0.3 is 0 Å². The second-order valence-corrected chi connectivity index (χ2v) is 7.28. The molecular formula is C19H29Cl2N3O2. The van der Waals surface area contributed by atoms with E-state index >= 15 is 0 Å². The fourth-order valence-electron chi connectivity index (χ4n) is 4.23. The summed E-state index contributed by atoms with van der Waals surface area (Å²) in [5, 5.41) is 6.59. The van der Waals surface area contributed by atoms with Crippen molar-refractivity contribution >= 4 is 30.7 Å². The molecule has 0 unspecified atom stereocenters. The van der Waals surface area contributed by atoms with Gasteiger partial charge in [-0.05, 0) is 31.4 Å². The average molecular weight is 402 g/mol. The van der Waals surface area contributed by atoms with Crippen LogP contribution in [0, 0.1) is 0 Å². The lowest BCUT2D eigenvalue weighted by Gasteiger charge is -2.35. The minimum absolute atomic E-state index is 0. The SMILES string of the molecule is Cl.Cl.O=C(N[C@@H]1C[C@H]2CO[C@@H](c3ccccc3)CN2C1)[C@@H]1CCCCN1. The zero-order valence-corrected chi connectivity index (χ0v) is 16.6. The van der Waals surface area contributed by atoms with Gasteiger partial charge in [0.2, 0.25) is 5.91 Å². The Morgan fingerprint density at radius 3 is 2.69 bits per heavy atom. The predicted molar refractivity (Wildman–Crippen MR) is 107 cm³/mol. The van der Waals surface area contributed by atoms with Gasteiger partial charge in [-0.1, -0.05) is 36.8 Å². The number of amides is 1. The number of nitrogens with zero attached hydrogens (tertiary/aromatic N) is 1. The second kappa shape index (κ2) is 9.90. The molecule has 1 amide bonds. The summed E-state index contributed by atoms with van der Waals surface area (Å²) in [4.78, 5) is 14.9. The zero-order valence-electron chi connectivity index (χ0n) is 14.9. The Hall–Kier alpha value is -0.850. The van der Waals surface area contributed by atoms with Crippen molar-refractivity contribution < 1.29 is 9.53 Å². The number of carbonyl (C=O) groups excluding carboxylic acids is 1. The maximum atomic E-state index is 12.4. The Morgan fingerprint density at radius 2 is 1.96 bits per heavy atom. The van der Waals surface area contributed by atoms with E-state index < -0.39 is 0 Å². The summed E-state index contributed by atoms with van der Waals surface area (Å²) in [6, 6.07) is 11.1. The van der Waals surface area contributed by atoms with Gasteiger partial charge < -0.3 is 15.4 Å². The molecule has 4 rings (SSSR count). The highest BCUT2D eigenvalue weighted by molar-refractivity contribution is 5.85. The molecule has 4 atom stereocenters. The highest BCUT2D eigenvalue weighted by atomic mass is 35.5. The van der Waals surface area contributed by atoms with Gasteiger partial charge in [0.15, 0.2) is 0 Å². The number of hydrogen-bond acceptors (Lipinski definition) is 4. The standard InChI is InChI=1S/C19H27N3O2.2ClH/c23-19(17-8-4-5-9-20-17)21-15-10-16-13-24-18(12-22(16)11-15)14-6-2-1-3-7-14;;/h1-3,6-7,15-18,20H,4-5,8-13H2,(H,21,23);2*1H/t15-,16+,17+,18-;;/m1../s1. The molecule has 0 aliphatic carbocycles. The molecule has 2 N–H and O–H groups in total. The lowest BCUT2D eigenvalue weighted by atomic mass is 10.0. The Bertz CT molecular complexity index is 569. The summed E-state index contributed by atoms with van der Waals surface area (Å²) >= 11 is 0. The van der Waals surface area contributed by atoms with Crippen molar-refractivity contribution in [3.8, 4) is 0 Å². The van der Waals surface area contributed by atoms with Gasteiger partial charge in [-0.2, -0.15) is 0 Å². The van der Waals surface area contributed by atoms with E-state index in [2.05, 4.69) is 39.8 Å². The number of nitrogens with one attached hydrogen (secondary N) is 2. The molecule has 3 aliphatic rings. The third-order valence-corrected chi connectivity index (χ3v) is 5.56. The van der Waals surface area contributed by atoms with Gasteiger partial charge in [0, 0.05) is 25.2 Å². The number of halogens is 2. The molecule has 26 heavy (non-hydrogen) atoms. The second-order valence-electron chi connectivity index (χ2n) is 7.28. The van der Waals surface area contributed by atoms with Gasteiger partial charge in [-0.15, -0.1) is 24.8 Å². The first-order valence-electron chi connectivity index (χ1n) is 9.24. The summed E-state index contributed by atoms with van der Waals surface area (Å²) in [5.74, 6) is 0.181. The number of benzene rings is 1. The summed E-state index contributed by atoms with van der Waals surface area (Å²) in [7, 11) is 0. The van der Waals surface area contributed by atoms with Gasteiger partial charge in [-0.25, -0.2) is 0 Å². The third kappa shape index (κ3) is 4.90. The number of rotatable bonds is 3. The maximum Gasteiger partial charge on any atom is 0.237 e. The molecule has 146 valence electrons. The molecular weight excluding hydrogens is 373 g/mol. The van der Waals surface area contributed by atoms with E-state index in [0.717, 1.165) is 45.5 Å². The van der Waals surface area contributed by atoms with Crippen LogP contribution in [0.3, 0.4) is 0 Å². The van der Waals surface area contributed by atoms with Crippen LogP contribution in [0.1, 0.15) is 37.4 Å². The van der Waals surface area contributed by atoms with Crippen LogP contribution in [0.2, 0.25) is 0 Å². The van der Waals surface area contributed by atoms with E-state index in [-0.39, 0.29) is 48.9 Å². The van der Waals surface area contributed by atoms with E-state index in [1.54, 1.807) is 0 Å². The van der Waals surface area contributed by atoms with Crippen molar-refractivity contribution in [3.05, 3.63) is 35.9 Å². The van der Waals surface area contributed by atoms with Crippen molar-refractivity contribution in [2.24, 2.45) is 0 Å². The van der Waals surface area contributed by atoms with Crippen LogP contribution in [0.15, 0.2) is 30.3 Å². The van der Waals surface area contributed by atoms with Crippen LogP contribution < -0.4 is 10.6 Å². The molecule has 1 aromatic rings. The van der Waals surface area contributed by atoms with Crippen molar-refractivity contribution in [2.75, 3.05) is 26.2 Å². The van der Waals surface area contributed by atoms with Crippen LogP contribution in [0.4, 0.5) is 0 Å². The van der Waals surface area contributed by atoms with Crippen LogP contribution >= 0.6 is 24.8 Å². The summed E-state index contributed by atoms with van der Waals surface area (Å²) in [6.07, 6.45) is 4.44. The van der Waals surface area contributed by atoms with Crippen LogP contribution in [0.5, 0.6) is 0 Å². The largest absolute Gasteiger partial charge is 0.371 e. The normalized spacial score (nSPS) is 31.2. The Kier molecular flexibility index (Phi) is 8.17. The smallest absolute Gasteiger partial charge is 0.237 e. The quantitative estimate of drug-likeness (QED) is 0.815. The zero-order chi connectivity index (χ0) is 16.4. The highest BCUT2D eigenvalue weighted by Gasteiger charge is 2.38. The minimum atomic E-state index is 0. The topological polar surface area (TPSA) is 53.6 Å². The molecule has 3 saturated heterocycles. The monoisotopic (exact) mass is 401 g/mol. The predicted octanol–water partition coefficient (Wildman–Crippen LogP) is 2.30. The fraction of sp³-hybridized carbons (Fsp3) is 0.632. The van der Waals surface area contributed by atoms with Gasteiger partial charge in [0.25, 0.3) is 0 Å². The van der Waals surface area contributed by atoms with Gasteiger partial charge in [0.05, 0.1) is 18.8 Å². The number of ether oxygens (including phenoxy) is 1. The van der Waals surface area contributed by atoms with Gasteiger partial charge in [0.1, 0.15) is 0 Å². The van der Waals surface area contributed by atoms with E-state index in [1.165, 1.54) is 12.0 Å². The summed E-state index contributed by atoms with van der Waals surface area (Å²) in [5.41, 5.74) is 1.25. The Balaban J connectivity index is 0.00000121. The van der Waals surface area contributed by atoms with E-state index in [4.69, 9.17) is 4.74 Å². The fourth-order valence-corrected chi connectivity index (χ4v) is 4.23. The number of morpholine rings is 1. The Labute approximate surface area is 168 Å². The lowest BCUT2D eigenvalue weighted by molar-refractivity contribution is -0.124. The summed E-state index contributed by atoms with van der Waals surface area (Å²) in [6.45, 7) is 3.58. The number of carbonyl (C=O) groups is 1. The molecule has 3 aliphatic heterocycles. The molecule has 0 aromatic heterocycles.